The Labute approximate surface area is 130 Å². The van der Waals surface area contributed by atoms with Gasteiger partial charge in [0.2, 0.25) is 0 Å². The molecule has 100 valence electrons. The van der Waals surface area contributed by atoms with Gasteiger partial charge in [-0.1, -0.05) is 18.5 Å². The molecule has 0 aliphatic heterocycles. The van der Waals surface area contributed by atoms with Crippen LogP contribution >= 0.6 is 34.2 Å². The van der Waals surface area contributed by atoms with Crippen LogP contribution in [-0.4, -0.2) is 19.5 Å². The van der Waals surface area contributed by atoms with E-state index in [1.165, 1.54) is 12.8 Å². The Morgan fingerprint density at radius 2 is 2.21 bits per heavy atom. The molecule has 2 aromatic heterocycles. The molecule has 2 aromatic rings. The van der Waals surface area contributed by atoms with Crippen LogP contribution in [0.3, 0.4) is 0 Å². The molecular formula is C13H14ClIN4. The zero-order chi connectivity index (χ0) is 13.4. The van der Waals surface area contributed by atoms with Crippen LogP contribution in [0.5, 0.6) is 0 Å². The van der Waals surface area contributed by atoms with E-state index in [1.807, 2.05) is 12.5 Å². The largest absolute Gasteiger partial charge is 0.328 e. The first-order valence-corrected chi connectivity index (χ1v) is 7.89. The predicted molar refractivity (Wildman–Crippen MR) is 83.2 cm³/mol. The molecule has 1 aliphatic rings. The first-order chi connectivity index (χ1) is 9.20. The smallest absolute Gasteiger partial charge is 0.179 e. The number of imidazole rings is 1. The number of nitrogens with zero attached hydrogens (tertiary/aromatic N) is 4. The SMILES string of the molecule is CCCn1cncc1-c1nc(Cl)c(I)c(C2CC2)n1. The zero-order valence-electron chi connectivity index (χ0n) is 10.6. The van der Waals surface area contributed by atoms with Gasteiger partial charge in [-0.3, -0.25) is 0 Å². The van der Waals surface area contributed by atoms with Gasteiger partial charge >= 0.3 is 0 Å². The number of aromatic nitrogens is 4. The standard InChI is InChI=1S/C13H14ClIN4/c1-2-5-19-7-16-6-9(19)13-17-11(8-3-4-8)10(15)12(14)18-13/h6-8H,2-5H2,1H3. The average Bonchev–Trinajstić information content (AvgIpc) is 3.13. The van der Waals surface area contributed by atoms with E-state index < -0.39 is 0 Å². The van der Waals surface area contributed by atoms with Crippen LogP contribution in [0, 0.1) is 3.57 Å². The monoisotopic (exact) mass is 388 g/mol. The van der Waals surface area contributed by atoms with Crippen molar-refractivity contribution < 1.29 is 0 Å². The summed E-state index contributed by atoms with van der Waals surface area (Å²) in [6.07, 6.45) is 7.10. The molecule has 0 amide bonds. The van der Waals surface area contributed by atoms with E-state index >= 15 is 0 Å². The topological polar surface area (TPSA) is 43.6 Å². The summed E-state index contributed by atoms with van der Waals surface area (Å²) < 4.78 is 3.07. The molecule has 0 N–H and O–H groups in total. The Kier molecular flexibility index (Phi) is 3.75. The van der Waals surface area contributed by atoms with Crippen molar-refractivity contribution in [2.75, 3.05) is 0 Å². The van der Waals surface area contributed by atoms with Crippen molar-refractivity contribution in [3.63, 3.8) is 0 Å². The molecule has 0 radical (unpaired) electrons. The van der Waals surface area contributed by atoms with Crippen molar-refractivity contribution in [3.05, 3.63) is 26.9 Å². The van der Waals surface area contributed by atoms with Crippen LogP contribution in [0.15, 0.2) is 12.5 Å². The summed E-state index contributed by atoms with van der Waals surface area (Å²) in [7, 11) is 0. The molecule has 0 saturated heterocycles. The lowest BCUT2D eigenvalue weighted by Gasteiger charge is -2.09. The minimum atomic E-state index is 0.553. The molecule has 1 saturated carbocycles. The minimum absolute atomic E-state index is 0.553. The van der Waals surface area contributed by atoms with Crippen LogP contribution < -0.4 is 0 Å². The Balaban J connectivity index is 2.07. The Morgan fingerprint density at radius 3 is 2.89 bits per heavy atom. The molecule has 3 rings (SSSR count). The van der Waals surface area contributed by atoms with Gasteiger partial charge in [0, 0.05) is 12.5 Å². The Hall–Kier alpha value is -0.690. The third kappa shape index (κ3) is 2.63. The number of rotatable bonds is 4. The second-order valence-electron chi connectivity index (χ2n) is 4.78. The van der Waals surface area contributed by atoms with Gasteiger partial charge in [0.15, 0.2) is 5.82 Å². The molecule has 0 spiro atoms. The second kappa shape index (κ2) is 5.36. The Bertz CT molecular complexity index is 607. The van der Waals surface area contributed by atoms with Crippen molar-refractivity contribution in [3.8, 4) is 11.5 Å². The maximum Gasteiger partial charge on any atom is 0.179 e. The van der Waals surface area contributed by atoms with E-state index in [9.17, 15) is 0 Å². The molecule has 4 nitrogen and oxygen atoms in total. The summed E-state index contributed by atoms with van der Waals surface area (Å²) in [6.45, 7) is 3.06. The van der Waals surface area contributed by atoms with Crippen LogP contribution in [0.1, 0.15) is 37.8 Å². The van der Waals surface area contributed by atoms with E-state index in [-0.39, 0.29) is 0 Å². The van der Waals surface area contributed by atoms with Gasteiger partial charge in [-0.2, -0.15) is 0 Å². The van der Waals surface area contributed by atoms with Crippen molar-refractivity contribution in [2.24, 2.45) is 0 Å². The summed E-state index contributed by atoms with van der Waals surface area (Å²) in [5.41, 5.74) is 2.04. The van der Waals surface area contributed by atoms with Crippen molar-refractivity contribution in [2.45, 2.75) is 38.6 Å². The fourth-order valence-corrected chi connectivity index (χ4v) is 2.96. The Morgan fingerprint density at radius 1 is 1.42 bits per heavy atom. The molecule has 0 bridgehead atoms. The van der Waals surface area contributed by atoms with Crippen LogP contribution in [-0.2, 0) is 6.54 Å². The maximum absolute atomic E-state index is 6.25. The first kappa shape index (κ1) is 13.3. The number of aryl methyl sites for hydroxylation is 1. The van der Waals surface area contributed by atoms with E-state index in [1.54, 1.807) is 0 Å². The van der Waals surface area contributed by atoms with Crippen molar-refractivity contribution >= 4 is 34.2 Å². The van der Waals surface area contributed by atoms with Crippen molar-refractivity contribution in [1.82, 2.24) is 19.5 Å². The van der Waals surface area contributed by atoms with Crippen LogP contribution in [0.25, 0.3) is 11.5 Å². The van der Waals surface area contributed by atoms with Crippen molar-refractivity contribution in [1.29, 1.82) is 0 Å². The highest BCUT2D eigenvalue weighted by Gasteiger charge is 2.29. The number of hydrogen-bond donors (Lipinski definition) is 0. The average molecular weight is 389 g/mol. The summed E-state index contributed by atoms with van der Waals surface area (Å²) in [5.74, 6) is 1.26. The highest BCUT2D eigenvalue weighted by molar-refractivity contribution is 14.1. The van der Waals surface area contributed by atoms with Gasteiger partial charge < -0.3 is 4.57 Å². The van der Waals surface area contributed by atoms with Gasteiger partial charge in [-0.25, -0.2) is 15.0 Å². The molecule has 1 aliphatic carbocycles. The fraction of sp³-hybridized carbons (Fsp3) is 0.462. The molecule has 0 atom stereocenters. The number of halogens is 2. The molecule has 6 heteroatoms. The van der Waals surface area contributed by atoms with E-state index in [2.05, 4.69) is 44.0 Å². The van der Waals surface area contributed by atoms with Gasteiger partial charge in [-0.05, 0) is 41.9 Å². The second-order valence-corrected chi connectivity index (χ2v) is 6.22. The van der Waals surface area contributed by atoms with E-state index in [0.717, 1.165) is 27.9 Å². The predicted octanol–water partition coefficient (Wildman–Crippen LogP) is 3.89. The highest BCUT2D eigenvalue weighted by atomic mass is 127. The third-order valence-corrected chi connectivity index (χ3v) is 4.86. The lowest BCUT2D eigenvalue weighted by Crippen LogP contribution is -2.04. The molecular weight excluding hydrogens is 375 g/mol. The molecule has 19 heavy (non-hydrogen) atoms. The normalized spacial score (nSPS) is 14.9. The molecule has 2 heterocycles. The summed E-state index contributed by atoms with van der Waals surface area (Å²) in [4.78, 5) is 13.3. The lowest BCUT2D eigenvalue weighted by molar-refractivity contribution is 0.680. The summed E-state index contributed by atoms with van der Waals surface area (Å²) in [5, 5.41) is 0.553. The number of hydrogen-bond acceptors (Lipinski definition) is 3. The van der Waals surface area contributed by atoms with E-state index in [0.29, 0.717) is 16.9 Å². The van der Waals surface area contributed by atoms with Gasteiger partial charge in [0.25, 0.3) is 0 Å². The van der Waals surface area contributed by atoms with Gasteiger partial charge in [-0.15, -0.1) is 0 Å². The molecule has 0 unspecified atom stereocenters. The highest BCUT2D eigenvalue weighted by Crippen LogP contribution is 2.42. The summed E-state index contributed by atoms with van der Waals surface area (Å²) >= 11 is 8.49. The molecule has 0 aromatic carbocycles. The maximum atomic E-state index is 6.25. The van der Waals surface area contributed by atoms with Crippen LogP contribution in [0.4, 0.5) is 0 Å². The third-order valence-electron chi connectivity index (χ3n) is 3.21. The summed E-state index contributed by atoms with van der Waals surface area (Å²) in [6, 6.07) is 0. The quantitative estimate of drug-likeness (QED) is 0.590. The fourth-order valence-electron chi connectivity index (χ4n) is 2.10. The van der Waals surface area contributed by atoms with Gasteiger partial charge in [0.1, 0.15) is 10.8 Å². The first-order valence-electron chi connectivity index (χ1n) is 6.44. The van der Waals surface area contributed by atoms with Gasteiger partial charge in [0.05, 0.1) is 21.8 Å². The lowest BCUT2D eigenvalue weighted by atomic mass is 10.2. The molecule has 1 fully saturated rings. The zero-order valence-corrected chi connectivity index (χ0v) is 13.5. The van der Waals surface area contributed by atoms with E-state index in [4.69, 9.17) is 16.6 Å². The minimum Gasteiger partial charge on any atom is -0.328 e. The van der Waals surface area contributed by atoms with Crippen LogP contribution in [0.2, 0.25) is 5.15 Å².